The Morgan fingerprint density at radius 1 is 1.12 bits per heavy atom. The van der Waals surface area contributed by atoms with Crippen LogP contribution in [0.5, 0.6) is 0 Å². The maximum atomic E-state index is 11.0. The zero-order valence-electron chi connectivity index (χ0n) is 15.1. The molecule has 0 radical (unpaired) electrons. The van der Waals surface area contributed by atoms with E-state index >= 15 is 0 Å². The third kappa shape index (κ3) is 5.29. The number of carbonyl (C=O) groups excluding carboxylic acids is 1. The molecular weight excluding hydrogens is 312 g/mol. The first-order valence-electron chi connectivity index (χ1n) is 8.94. The fourth-order valence-corrected chi connectivity index (χ4v) is 2.68. The zero-order valence-corrected chi connectivity index (χ0v) is 15.1. The van der Waals surface area contributed by atoms with Crippen molar-refractivity contribution in [1.82, 2.24) is 10.3 Å². The number of hydrogen-bond donors (Lipinski definition) is 3. The quantitative estimate of drug-likeness (QED) is 0.455. The van der Waals surface area contributed by atoms with Gasteiger partial charge < -0.3 is 16.4 Å². The van der Waals surface area contributed by atoms with E-state index in [1.54, 1.807) is 0 Å². The molecule has 1 aromatic carbocycles. The molecule has 1 aromatic heterocycles. The predicted octanol–water partition coefficient (Wildman–Crippen LogP) is 3.54. The molecule has 1 heterocycles. The second kappa shape index (κ2) is 9.79. The monoisotopic (exact) mass is 340 g/mol. The first-order chi connectivity index (χ1) is 12.2. The Labute approximate surface area is 150 Å². The van der Waals surface area contributed by atoms with Crippen LogP contribution in [0.15, 0.2) is 30.5 Å². The van der Waals surface area contributed by atoms with Crippen LogP contribution in [0.2, 0.25) is 0 Å². The topological polar surface area (TPSA) is 80.0 Å². The molecule has 2 aromatic rings. The molecule has 0 saturated heterocycles. The summed E-state index contributed by atoms with van der Waals surface area (Å²) in [4.78, 5) is 15.3. The molecule has 5 heteroatoms. The van der Waals surface area contributed by atoms with Crippen molar-refractivity contribution in [3.8, 4) is 0 Å². The number of nitrogens with two attached hydrogens (primary N) is 1. The number of unbranched alkanes of at least 4 members (excludes halogenated alkanes) is 1. The van der Waals surface area contributed by atoms with Crippen molar-refractivity contribution in [1.29, 1.82) is 0 Å². The number of carbonyl (C=O) groups is 1. The van der Waals surface area contributed by atoms with E-state index in [1.807, 2.05) is 6.92 Å². The molecule has 0 atom stereocenters. The standard InChI is InChI=1S/C20H28N4O/c1-3-5-10-22-11-15-6-8-16(9-7-15)12-23-20-18(4-2)19(21)17(14-25)13-24-20/h6-9,13-14,22H,3-5,10-12H2,1-2H3,(H3,21,23,24). The summed E-state index contributed by atoms with van der Waals surface area (Å²) in [5.74, 6) is 0.746. The third-order valence-electron chi connectivity index (χ3n) is 4.25. The van der Waals surface area contributed by atoms with Crippen molar-refractivity contribution in [2.75, 3.05) is 17.6 Å². The number of nitrogens with zero attached hydrogens (tertiary/aromatic N) is 1. The normalized spacial score (nSPS) is 10.6. The summed E-state index contributed by atoms with van der Waals surface area (Å²) in [7, 11) is 0. The van der Waals surface area contributed by atoms with E-state index in [1.165, 1.54) is 30.2 Å². The van der Waals surface area contributed by atoms with Crippen LogP contribution in [-0.4, -0.2) is 17.8 Å². The highest BCUT2D eigenvalue weighted by atomic mass is 16.1. The molecule has 5 nitrogen and oxygen atoms in total. The number of aldehydes is 1. The average molecular weight is 340 g/mol. The lowest BCUT2D eigenvalue weighted by molar-refractivity contribution is 0.112. The lowest BCUT2D eigenvalue weighted by Gasteiger charge is -2.13. The van der Waals surface area contributed by atoms with Crippen molar-refractivity contribution >= 4 is 17.8 Å². The maximum absolute atomic E-state index is 11.0. The number of nitrogen functional groups attached to an aromatic ring is 1. The Morgan fingerprint density at radius 2 is 1.80 bits per heavy atom. The van der Waals surface area contributed by atoms with E-state index < -0.39 is 0 Å². The smallest absolute Gasteiger partial charge is 0.153 e. The number of aromatic nitrogens is 1. The minimum atomic E-state index is 0.447. The van der Waals surface area contributed by atoms with E-state index in [2.05, 4.69) is 46.8 Å². The van der Waals surface area contributed by atoms with Crippen molar-refractivity contribution in [3.63, 3.8) is 0 Å². The summed E-state index contributed by atoms with van der Waals surface area (Å²) in [6.45, 7) is 6.84. The van der Waals surface area contributed by atoms with Crippen molar-refractivity contribution in [2.45, 2.75) is 46.2 Å². The fraction of sp³-hybridized carbons (Fsp3) is 0.400. The van der Waals surface area contributed by atoms with Gasteiger partial charge in [-0.3, -0.25) is 4.79 Å². The molecule has 0 unspecified atom stereocenters. The molecule has 0 bridgehead atoms. The van der Waals surface area contributed by atoms with Crippen LogP contribution >= 0.6 is 0 Å². The summed E-state index contributed by atoms with van der Waals surface area (Å²) >= 11 is 0. The van der Waals surface area contributed by atoms with Crippen LogP contribution in [0.25, 0.3) is 0 Å². The lowest BCUT2D eigenvalue weighted by Crippen LogP contribution is -2.14. The Hall–Kier alpha value is -2.40. The molecule has 134 valence electrons. The number of anilines is 2. The minimum absolute atomic E-state index is 0.447. The third-order valence-corrected chi connectivity index (χ3v) is 4.25. The molecule has 25 heavy (non-hydrogen) atoms. The maximum Gasteiger partial charge on any atom is 0.153 e. The van der Waals surface area contributed by atoms with E-state index in [0.29, 0.717) is 17.8 Å². The second-order valence-corrected chi connectivity index (χ2v) is 6.13. The predicted molar refractivity (Wildman–Crippen MR) is 104 cm³/mol. The highest BCUT2D eigenvalue weighted by molar-refractivity contribution is 5.85. The van der Waals surface area contributed by atoms with Crippen LogP contribution in [0.1, 0.15) is 53.7 Å². The van der Waals surface area contributed by atoms with E-state index in [-0.39, 0.29) is 0 Å². The fourth-order valence-electron chi connectivity index (χ4n) is 2.68. The summed E-state index contributed by atoms with van der Waals surface area (Å²) in [5.41, 5.74) is 10.4. The van der Waals surface area contributed by atoms with Gasteiger partial charge in [0, 0.05) is 24.8 Å². The van der Waals surface area contributed by atoms with E-state index in [9.17, 15) is 4.79 Å². The van der Waals surface area contributed by atoms with Crippen LogP contribution in [0.4, 0.5) is 11.5 Å². The van der Waals surface area contributed by atoms with Crippen molar-refractivity contribution < 1.29 is 4.79 Å². The number of rotatable bonds is 10. The van der Waals surface area contributed by atoms with Crippen LogP contribution in [-0.2, 0) is 19.5 Å². The molecular formula is C20H28N4O. The Kier molecular flexibility index (Phi) is 7.41. The SMILES string of the molecule is CCCCNCc1ccc(CNc2ncc(C=O)c(N)c2CC)cc1. The molecule has 0 aliphatic carbocycles. The first-order valence-corrected chi connectivity index (χ1v) is 8.94. The van der Waals surface area contributed by atoms with Gasteiger partial charge in [0.05, 0.1) is 11.3 Å². The lowest BCUT2D eigenvalue weighted by atomic mass is 10.1. The number of hydrogen-bond acceptors (Lipinski definition) is 5. The molecule has 0 aliphatic rings. The number of benzene rings is 1. The Bertz CT molecular complexity index is 683. The summed E-state index contributed by atoms with van der Waals surface area (Å²) in [6, 6.07) is 8.54. The Balaban J connectivity index is 1.95. The van der Waals surface area contributed by atoms with Gasteiger partial charge in [-0.25, -0.2) is 4.98 Å². The van der Waals surface area contributed by atoms with Gasteiger partial charge in [-0.05, 0) is 30.5 Å². The Morgan fingerprint density at radius 3 is 2.40 bits per heavy atom. The molecule has 0 saturated carbocycles. The van der Waals surface area contributed by atoms with Gasteiger partial charge in [-0.15, -0.1) is 0 Å². The van der Waals surface area contributed by atoms with Gasteiger partial charge >= 0.3 is 0 Å². The summed E-state index contributed by atoms with van der Waals surface area (Å²) in [6.07, 6.45) is 5.42. The van der Waals surface area contributed by atoms with E-state index in [4.69, 9.17) is 5.73 Å². The zero-order chi connectivity index (χ0) is 18.1. The van der Waals surface area contributed by atoms with Crippen molar-refractivity contribution in [3.05, 3.63) is 52.7 Å². The van der Waals surface area contributed by atoms with Gasteiger partial charge in [0.1, 0.15) is 5.82 Å². The van der Waals surface area contributed by atoms with E-state index in [0.717, 1.165) is 37.2 Å². The van der Waals surface area contributed by atoms with Crippen LogP contribution in [0.3, 0.4) is 0 Å². The highest BCUT2D eigenvalue weighted by Crippen LogP contribution is 2.23. The molecule has 0 fully saturated rings. The van der Waals surface area contributed by atoms with Gasteiger partial charge in [-0.2, -0.15) is 0 Å². The molecule has 0 spiro atoms. The molecule has 0 aliphatic heterocycles. The number of nitrogens with one attached hydrogen (secondary N) is 2. The molecule has 4 N–H and O–H groups in total. The van der Waals surface area contributed by atoms with Gasteiger partial charge in [0.25, 0.3) is 0 Å². The summed E-state index contributed by atoms with van der Waals surface area (Å²) < 4.78 is 0. The van der Waals surface area contributed by atoms with Gasteiger partial charge in [-0.1, -0.05) is 44.5 Å². The largest absolute Gasteiger partial charge is 0.398 e. The van der Waals surface area contributed by atoms with Gasteiger partial charge in [0.15, 0.2) is 6.29 Å². The molecule has 2 rings (SSSR count). The minimum Gasteiger partial charge on any atom is -0.398 e. The molecule has 0 amide bonds. The summed E-state index contributed by atoms with van der Waals surface area (Å²) in [5, 5.41) is 6.77. The highest BCUT2D eigenvalue weighted by Gasteiger charge is 2.10. The average Bonchev–Trinajstić information content (AvgIpc) is 2.64. The van der Waals surface area contributed by atoms with Crippen LogP contribution in [0, 0.1) is 0 Å². The van der Waals surface area contributed by atoms with Crippen molar-refractivity contribution in [2.24, 2.45) is 0 Å². The number of pyridine rings is 1. The van der Waals surface area contributed by atoms with Crippen LogP contribution < -0.4 is 16.4 Å². The second-order valence-electron chi connectivity index (χ2n) is 6.13. The first kappa shape index (κ1) is 18.9. The van der Waals surface area contributed by atoms with Gasteiger partial charge in [0.2, 0.25) is 0 Å².